The Kier molecular flexibility index (Phi) is 5.99. The number of rotatable bonds is 4. The van der Waals surface area contributed by atoms with Crippen molar-refractivity contribution in [2.24, 2.45) is 0 Å². The fourth-order valence-corrected chi connectivity index (χ4v) is 5.39. The Morgan fingerprint density at radius 1 is 1.20 bits per heavy atom. The molecule has 0 spiro atoms. The SMILES string of the molecule is CCCCOP(=O)(C(C)(C)C)C(Cl)(Cl)Cl. The summed E-state index contributed by atoms with van der Waals surface area (Å²) in [7, 11) is -3.32. The van der Waals surface area contributed by atoms with Gasteiger partial charge in [0.2, 0.25) is 0 Å². The predicted molar refractivity (Wildman–Crippen MR) is 68.5 cm³/mol. The van der Waals surface area contributed by atoms with Gasteiger partial charge >= 0.3 is 0 Å². The third kappa shape index (κ3) is 4.09. The summed E-state index contributed by atoms with van der Waals surface area (Å²) in [5.41, 5.74) is 0. The summed E-state index contributed by atoms with van der Waals surface area (Å²) in [6.45, 7) is 7.63. The first-order valence-electron chi connectivity index (χ1n) is 4.88. The highest BCUT2D eigenvalue weighted by atomic mass is 35.6. The van der Waals surface area contributed by atoms with Crippen LogP contribution in [0.1, 0.15) is 40.5 Å². The molecule has 6 heteroatoms. The van der Waals surface area contributed by atoms with E-state index in [0.717, 1.165) is 12.8 Å². The van der Waals surface area contributed by atoms with Gasteiger partial charge in [0.25, 0.3) is 10.9 Å². The number of unbranched alkanes of at least 4 members (excludes halogenated alkanes) is 1. The minimum atomic E-state index is -3.32. The molecule has 1 unspecified atom stereocenters. The molecule has 15 heavy (non-hydrogen) atoms. The molecular formula is C9H18Cl3O2P. The molecule has 0 rings (SSSR count). The molecule has 1 atom stereocenters. The van der Waals surface area contributed by atoms with Crippen LogP contribution >= 0.6 is 42.2 Å². The maximum Gasteiger partial charge on any atom is 0.267 e. The van der Waals surface area contributed by atoms with Crippen molar-refractivity contribution in [3.63, 3.8) is 0 Å². The zero-order valence-electron chi connectivity index (χ0n) is 9.52. The number of halogens is 3. The first kappa shape index (κ1) is 16.1. The molecule has 0 heterocycles. The number of hydrogen-bond donors (Lipinski definition) is 0. The topological polar surface area (TPSA) is 26.3 Å². The van der Waals surface area contributed by atoms with E-state index in [1.807, 2.05) is 6.92 Å². The van der Waals surface area contributed by atoms with Gasteiger partial charge in [0, 0.05) is 5.16 Å². The van der Waals surface area contributed by atoms with E-state index in [0.29, 0.717) is 6.61 Å². The second kappa shape index (κ2) is 5.60. The second-order valence-electron chi connectivity index (χ2n) is 4.38. The Bertz CT molecular complexity index is 225. The van der Waals surface area contributed by atoms with Gasteiger partial charge < -0.3 is 4.52 Å². The molecule has 0 aliphatic carbocycles. The highest BCUT2D eigenvalue weighted by Crippen LogP contribution is 2.72. The van der Waals surface area contributed by atoms with E-state index >= 15 is 0 Å². The molecule has 0 radical (unpaired) electrons. The van der Waals surface area contributed by atoms with E-state index < -0.39 is 16.1 Å². The Hall–Kier alpha value is 1.06. The van der Waals surface area contributed by atoms with Gasteiger partial charge in [-0.1, -0.05) is 68.9 Å². The van der Waals surface area contributed by atoms with Gasteiger partial charge in [0.05, 0.1) is 6.61 Å². The summed E-state index contributed by atoms with van der Waals surface area (Å²) in [6.07, 6.45) is 1.75. The van der Waals surface area contributed by atoms with Crippen LogP contribution in [0.15, 0.2) is 0 Å². The van der Waals surface area contributed by atoms with Crippen LogP contribution in [-0.2, 0) is 9.09 Å². The minimum absolute atomic E-state index is 0.360. The highest BCUT2D eigenvalue weighted by molar-refractivity contribution is 7.68. The molecule has 0 fully saturated rings. The number of hydrogen-bond acceptors (Lipinski definition) is 2. The van der Waals surface area contributed by atoms with E-state index in [4.69, 9.17) is 39.3 Å². The van der Waals surface area contributed by atoms with Crippen LogP contribution in [0.5, 0.6) is 0 Å². The molecule has 0 N–H and O–H groups in total. The van der Waals surface area contributed by atoms with Gasteiger partial charge in [0.15, 0.2) is 0 Å². The summed E-state index contributed by atoms with van der Waals surface area (Å²) in [4.78, 5) is 0. The van der Waals surface area contributed by atoms with Crippen LogP contribution in [-0.4, -0.2) is 15.3 Å². The number of alkyl halides is 3. The highest BCUT2D eigenvalue weighted by Gasteiger charge is 2.53. The summed E-state index contributed by atoms with van der Waals surface area (Å²) in [5.74, 6) is 0. The second-order valence-corrected chi connectivity index (χ2v) is 10.8. The third-order valence-electron chi connectivity index (χ3n) is 1.99. The average Bonchev–Trinajstić information content (AvgIpc) is 2.00. The van der Waals surface area contributed by atoms with Crippen molar-refractivity contribution in [3.05, 3.63) is 0 Å². The fraction of sp³-hybridized carbons (Fsp3) is 1.00. The van der Waals surface area contributed by atoms with Gasteiger partial charge in [-0.05, 0) is 6.42 Å². The molecule has 0 amide bonds. The van der Waals surface area contributed by atoms with Gasteiger partial charge in [-0.25, -0.2) is 0 Å². The molecule has 2 nitrogen and oxygen atoms in total. The van der Waals surface area contributed by atoms with Gasteiger partial charge in [-0.3, -0.25) is 4.57 Å². The Balaban J connectivity index is 4.83. The van der Waals surface area contributed by atoms with Crippen molar-refractivity contribution in [1.29, 1.82) is 0 Å². The van der Waals surface area contributed by atoms with Gasteiger partial charge in [-0.15, -0.1) is 0 Å². The molecule has 0 aliphatic heterocycles. The Morgan fingerprint density at radius 3 is 1.93 bits per heavy atom. The molecule has 0 saturated carbocycles. The molecule has 0 bridgehead atoms. The van der Waals surface area contributed by atoms with E-state index in [1.54, 1.807) is 20.8 Å². The van der Waals surface area contributed by atoms with Gasteiger partial charge in [0.1, 0.15) is 0 Å². The maximum absolute atomic E-state index is 12.5. The normalized spacial score (nSPS) is 17.5. The lowest BCUT2D eigenvalue weighted by Gasteiger charge is -2.35. The van der Waals surface area contributed by atoms with Crippen LogP contribution in [0.3, 0.4) is 0 Å². The first-order valence-corrected chi connectivity index (χ1v) is 7.63. The van der Waals surface area contributed by atoms with Crippen LogP contribution < -0.4 is 0 Å². The lowest BCUT2D eigenvalue weighted by molar-refractivity contribution is 0.291. The fourth-order valence-electron chi connectivity index (χ4n) is 0.985. The van der Waals surface area contributed by atoms with Gasteiger partial charge in [-0.2, -0.15) is 0 Å². The van der Waals surface area contributed by atoms with E-state index in [9.17, 15) is 4.57 Å². The minimum Gasteiger partial charge on any atom is -0.325 e. The first-order chi connectivity index (χ1) is 6.56. The van der Waals surface area contributed by atoms with Crippen LogP contribution in [0.25, 0.3) is 0 Å². The van der Waals surface area contributed by atoms with Crippen molar-refractivity contribution in [3.8, 4) is 0 Å². The quantitative estimate of drug-likeness (QED) is 0.404. The van der Waals surface area contributed by atoms with Crippen molar-refractivity contribution < 1.29 is 9.09 Å². The largest absolute Gasteiger partial charge is 0.325 e. The van der Waals surface area contributed by atoms with Crippen molar-refractivity contribution in [2.45, 2.75) is 49.2 Å². The summed E-state index contributed by atoms with van der Waals surface area (Å²) in [6, 6.07) is 0. The lowest BCUT2D eigenvalue weighted by atomic mass is 10.3. The molecule has 0 aliphatic rings. The average molecular weight is 296 g/mol. The predicted octanol–water partition coefficient (Wildman–Crippen LogP) is 5.21. The van der Waals surface area contributed by atoms with E-state index in [-0.39, 0.29) is 0 Å². The zero-order valence-corrected chi connectivity index (χ0v) is 12.7. The van der Waals surface area contributed by atoms with E-state index in [2.05, 4.69) is 0 Å². The third-order valence-corrected chi connectivity index (χ3v) is 6.97. The zero-order chi connectivity index (χ0) is 12.3. The summed E-state index contributed by atoms with van der Waals surface area (Å²) >= 11 is 17.2. The molecule has 92 valence electrons. The van der Waals surface area contributed by atoms with Crippen molar-refractivity contribution >= 4 is 42.2 Å². The molecule has 0 aromatic rings. The van der Waals surface area contributed by atoms with Crippen LogP contribution in [0, 0.1) is 0 Å². The molecule has 0 aromatic heterocycles. The summed E-state index contributed by atoms with van der Waals surface area (Å²) in [5, 5.41) is -0.675. The summed E-state index contributed by atoms with van der Waals surface area (Å²) < 4.78 is 16.0. The van der Waals surface area contributed by atoms with Crippen molar-refractivity contribution in [2.75, 3.05) is 6.61 Å². The standard InChI is InChI=1S/C9H18Cl3O2P/c1-5-6-7-14-15(13,8(2,3)4)9(10,11)12/h5-7H2,1-4H3. The van der Waals surface area contributed by atoms with E-state index in [1.165, 1.54) is 0 Å². The molecular weight excluding hydrogens is 277 g/mol. The maximum atomic E-state index is 12.5. The van der Waals surface area contributed by atoms with Crippen LogP contribution in [0.2, 0.25) is 0 Å². The smallest absolute Gasteiger partial charge is 0.267 e. The monoisotopic (exact) mass is 294 g/mol. The van der Waals surface area contributed by atoms with Crippen LogP contribution in [0.4, 0.5) is 0 Å². The Labute approximate surface area is 107 Å². The lowest BCUT2D eigenvalue weighted by Crippen LogP contribution is -2.25. The molecule has 0 saturated heterocycles. The molecule has 0 aromatic carbocycles. The Morgan fingerprint density at radius 2 is 1.67 bits per heavy atom. The van der Waals surface area contributed by atoms with Crippen molar-refractivity contribution in [1.82, 2.24) is 0 Å².